The summed E-state index contributed by atoms with van der Waals surface area (Å²) in [6.45, 7) is 4.87. The van der Waals surface area contributed by atoms with Gasteiger partial charge in [-0.15, -0.1) is 5.10 Å². The molecule has 0 N–H and O–H groups in total. The molecule has 1 atom stereocenters. The van der Waals surface area contributed by atoms with E-state index in [1.54, 1.807) is 0 Å². The minimum absolute atomic E-state index is 0.00576. The Balaban J connectivity index is 1.72. The molecule has 6 heteroatoms. The Morgan fingerprint density at radius 2 is 2.11 bits per heavy atom. The number of carbonyl (C=O) groups excluding carboxylic acids is 1. The van der Waals surface area contributed by atoms with E-state index in [0.717, 1.165) is 44.5 Å². The van der Waals surface area contributed by atoms with E-state index in [2.05, 4.69) is 15.2 Å². The standard InChI is InChI=1S/C13H20N4O2/c18-10-11-13(12-4-3-9-19-12)17(15-14-11)8-7-16-5-1-2-6-16/h10,12H,1-9H2. The maximum atomic E-state index is 11.1. The average molecular weight is 264 g/mol. The van der Waals surface area contributed by atoms with Crippen LogP contribution in [0, 0.1) is 0 Å². The first kappa shape index (κ1) is 12.7. The van der Waals surface area contributed by atoms with E-state index in [1.807, 2.05) is 4.68 Å². The quantitative estimate of drug-likeness (QED) is 0.744. The molecule has 2 fully saturated rings. The van der Waals surface area contributed by atoms with E-state index in [1.165, 1.54) is 25.9 Å². The summed E-state index contributed by atoms with van der Waals surface area (Å²) >= 11 is 0. The highest BCUT2D eigenvalue weighted by atomic mass is 16.5. The van der Waals surface area contributed by atoms with Crippen LogP contribution in [0.2, 0.25) is 0 Å². The molecule has 3 rings (SSSR count). The molecule has 1 aromatic rings. The Bertz CT molecular complexity index is 434. The first-order chi connectivity index (χ1) is 9.38. The van der Waals surface area contributed by atoms with E-state index in [9.17, 15) is 4.79 Å². The lowest BCUT2D eigenvalue weighted by Gasteiger charge is -2.17. The molecule has 0 saturated carbocycles. The van der Waals surface area contributed by atoms with Gasteiger partial charge in [-0.2, -0.15) is 0 Å². The number of carbonyl (C=O) groups is 1. The van der Waals surface area contributed by atoms with Gasteiger partial charge >= 0.3 is 0 Å². The maximum Gasteiger partial charge on any atom is 0.172 e. The number of aromatic nitrogens is 3. The van der Waals surface area contributed by atoms with Crippen molar-refractivity contribution in [3.8, 4) is 0 Å². The predicted molar refractivity (Wildman–Crippen MR) is 69.0 cm³/mol. The van der Waals surface area contributed by atoms with Gasteiger partial charge in [0.05, 0.1) is 12.2 Å². The lowest BCUT2D eigenvalue weighted by molar-refractivity contribution is 0.1000. The number of aldehydes is 1. The Labute approximate surface area is 112 Å². The Hall–Kier alpha value is -1.27. The van der Waals surface area contributed by atoms with E-state index >= 15 is 0 Å². The van der Waals surface area contributed by atoms with Gasteiger partial charge in [0.15, 0.2) is 12.0 Å². The summed E-state index contributed by atoms with van der Waals surface area (Å²) in [6.07, 6.45) is 5.35. The zero-order valence-electron chi connectivity index (χ0n) is 11.1. The van der Waals surface area contributed by atoms with Gasteiger partial charge in [-0.25, -0.2) is 4.68 Å². The van der Waals surface area contributed by atoms with Crippen LogP contribution >= 0.6 is 0 Å². The lowest BCUT2D eigenvalue weighted by atomic mass is 10.1. The van der Waals surface area contributed by atoms with Crippen molar-refractivity contribution in [1.29, 1.82) is 0 Å². The van der Waals surface area contributed by atoms with Crippen molar-refractivity contribution in [3.63, 3.8) is 0 Å². The summed E-state index contributed by atoms with van der Waals surface area (Å²) < 4.78 is 7.54. The fourth-order valence-electron chi connectivity index (χ4n) is 2.95. The SMILES string of the molecule is O=Cc1nnn(CCN2CCCC2)c1C1CCCO1. The molecular formula is C13H20N4O2. The van der Waals surface area contributed by atoms with Crippen molar-refractivity contribution in [1.82, 2.24) is 19.9 Å². The maximum absolute atomic E-state index is 11.1. The van der Waals surface area contributed by atoms with Gasteiger partial charge in [-0.05, 0) is 38.8 Å². The minimum Gasteiger partial charge on any atom is -0.372 e. The number of rotatable bonds is 5. The molecule has 0 aromatic carbocycles. The number of hydrogen-bond donors (Lipinski definition) is 0. The Kier molecular flexibility index (Phi) is 3.89. The van der Waals surface area contributed by atoms with Gasteiger partial charge in [0.2, 0.25) is 0 Å². The molecule has 0 radical (unpaired) electrons. The van der Waals surface area contributed by atoms with Gasteiger partial charge in [0.25, 0.3) is 0 Å². The third-order valence-electron chi connectivity index (χ3n) is 3.97. The summed E-state index contributed by atoms with van der Waals surface area (Å²) in [4.78, 5) is 13.5. The van der Waals surface area contributed by atoms with Crippen molar-refractivity contribution in [2.45, 2.75) is 38.3 Å². The molecule has 0 spiro atoms. The van der Waals surface area contributed by atoms with Gasteiger partial charge in [0.1, 0.15) is 6.10 Å². The van der Waals surface area contributed by atoms with Crippen molar-refractivity contribution in [2.24, 2.45) is 0 Å². The summed E-state index contributed by atoms with van der Waals surface area (Å²) in [5, 5.41) is 8.09. The van der Waals surface area contributed by atoms with E-state index in [4.69, 9.17) is 4.74 Å². The van der Waals surface area contributed by atoms with Crippen LogP contribution in [0.5, 0.6) is 0 Å². The molecule has 2 saturated heterocycles. The van der Waals surface area contributed by atoms with Crippen LogP contribution in [0.15, 0.2) is 0 Å². The monoisotopic (exact) mass is 264 g/mol. The number of ether oxygens (including phenoxy) is 1. The van der Waals surface area contributed by atoms with Crippen LogP contribution in [0.3, 0.4) is 0 Å². The molecular weight excluding hydrogens is 244 g/mol. The summed E-state index contributed by atoms with van der Waals surface area (Å²) in [5.74, 6) is 0. The van der Waals surface area contributed by atoms with Crippen LogP contribution in [0.25, 0.3) is 0 Å². The van der Waals surface area contributed by atoms with Crippen LogP contribution in [0.1, 0.15) is 48.0 Å². The van der Waals surface area contributed by atoms with E-state index < -0.39 is 0 Å². The fourth-order valence-corrected chi connectivity index (χ4v) is 2.95. The molecule has 1 aromatic heterocycles. The average Bonchev–Trinajstić information content (AvgIpc) is 3.16. The zero-order chi connectivity index (χ0) is 13.1. The van der Waals surface area contributed by atoms with E-state index in [0.29, 0.717) is 5.69 Å². The van der Waals surface area contributed by atoms with Crippen LogP contribution in [0.4, 0.5) is 0 Å². The van der Waals surface area contributed by atoms with Crippen molar-refractivity contribution in [2.75, 3.05) is 26.2 Å². The highest BCUT2D eigenvalue weighted by molar-refractivity contribution is 5.73. The summed E-state index contributed by atoms with van der Waals surface area (Å²) in [7, 11) is 0. The third kappa shape index (κ3) is 2.69. The highest BCUT2D eigenvalue weighted by Gasteiger charge is 2.26. The second-order valence-corrected chi connectivity index (χ2v) is 5.25. The van der Waals surface area contributed by atoms with Gasteiger partial charge < -0.3 is 9.64 Å². The Morgan fingerprint density at radius 3 is 2.79 bits per heavy atom. The fraction of sp³-hybridized carbons (Fsp3) is 0.769. The van der Waals surface area contributed by atoms with Crippen molar-refractivity contribution >= 4 is 6.29 Å². The molecule has 2 aliphatic rings. The van der Waals surface area contributed by atoms with E-state index in [-0.39, 0.29) is 6.10 Å². The smallest absolute Gasteiger partial charge is 0.172 e. The second-order valence-electron chi connectivity index (χ2n) is 5.25. The predicted octanol–water partition coefficient (Wildman–Crippen LogP) is 1.04. The van der Waals surface area contributed by atoms with Gasteiger partial charge in [-0.3, -0.25) is 4.79 Å². The first-order valence-electron chi connectivity index (χ1n) is 7.11. The molecule has 1 unspecified atom stereocenters. The molecule has 0 aliphatic carbocycles. The van der Waals surface area contributed by atoms with Crippen LogP contribution in [-0.4, -0.2) is 52.4 Å². The van der Waals surface area contributed by atoms with Crippen LogP contribution in [-0.2, 0) is 11.3 Å². The lowest BCUT2D eigenvalue weighted by Crippen LogP contribution is -2.25. The van der Waals surface area contributed by atoms with Gasteiger partial charge in [0, 0.05) is 13.2 Å². The van der Waals surface area contributed by atoms with Crippen LogP contribution < -0.4 is 0 Å². The molecule has 6 nitrogen and oxygen atoms in total. The molecule has 2 aliphatic heterocycles. The first-order valence-corrected chi connectivity index (χ1v) is 7.11. The van der Waals surface area contributed by atoms with Gasteiger partial charge in [-0.1, -0.05) is 5.21 Å². The second kappa shape index (κ2) is 5.79. The van der Waals surface area contributed by atoms with Crippen molar-refractivity contribution < 1.29 is 9.53 Å². The normalized spacial score (nSPS) is 24.1. The summed E-state index contributed by atoms with van der Waals surface area (Å²) in [5.41, 5.74) is 1.31. The third-order valence-corrected chi connectivity index (χ3v) is 3.97. The zero-order valence-corrected chi connectivity index (χ0v) is 11.1. The molecule has 104 valence electrons. The molecule has 0 amide bonds. The molecule has 3 heterocycles. The summed E-state index contributed by atoms with van der Waals surface area (Å²) in [6, 6.07) is 0. The van der Waals surface area contributed by atoms with Crippen molar-refractivity contribution in [3.05, 3.63) is 11.4 Å². The minimum atomic E-state index is -0.00576. The highest BCUT2D eigenvalue weighted by Crippen LogP contribution is 2.29. The number of nitrogens with zero attached hydrogens (tertiary/aromatic N) is 4. The Morgan fingerprint density at radius 1 is 1.26 bits per heavy atom. The number of likely N-dealkylation sites (tertiary alicyclic amines) is 1. The molecule has 19 heavy (non-hydrogen) atoms. The number of hydrogen-bond acceptors (Lipinski definition) is 5. The topological polar surface area (TPSA) is 60.2 Å². The molecule has 0 bridgehead atoms. The largest absolute Gasteiger partial charge is 0.372 e.